The summed E-state index contributed by atoms with van der Waals surface area (Å²) in [5.74, 6) is 0.123. The van der Waals surface area contributed by atoms with Gasteiger partial charge in [0.05, 0.1) is 25.2 Å². The van der Waals surface area contributed by atoms with Crippen molar-refractivity contribution in [3.8, 4) is 11.5 Å². The quantitative estimate of drug-likeness (QED) is 0.454. The highest BCUT2D eigenvalue weighted by molar-refractivity contribution is 5.94. The van der Waals surface area contributed by atoms with Crippen molar-refractivity contribution in [2.75, 3.05) is 20.8 Å². The number of methoxy groups -OCH3 is 2. The molecule has 0 saturated carbocycles. The van der Waals surface area contributed by atoms with Gasteiger partial charge in [0.2, 0.25) is 5.91 Å². The van der Waals surface area contributed by atoms with Crippen molar-refractivity contribution in [1.29, 1.82) is 0 Å². The fraction of sp³-hybridized carbons (Fsp3) is 0.333. The Bertz CT molecular complexity index is 901. The molecule has 2 aromatic rings. The van der Waals surface area contributed by atoms with Crippen molar-refractivity contribution in [3.05, 3.63) is 63.7 Å². The Hall–Kier alpha value is -3.62. The van der Waals surface area contributed by atoms with Crippen LogP contribution in [0, 0.1) is 10.1 Å². The van der Waals surface area contributed by atoms with Crippen LogP contribution in [-0.4, -0.2) is 43.5 Å². The van der Waals surface area contributed by atoms with Gasteiger partial charge in [0.1, 0.15) is 0 Å². The lowest BCUT2D eigenvalue weighted by molar-refractivity contribution is -0.385. The van der Waals surface area contributed by atoms with Crippen LogP contribution >= 0.6 is 0 Å². The van der Waals surface area contributed by atoms with Gasteiger partial charge in [-0.05, 0) is 31.5 Å². The first-order valence-corrected chi connectivity index (χ1v) is 9.37. The van der Waals surface area contributed by atoms with Gasteiger partial charge in [-0.3, -0.25) is 19.7 Å². The van der Waals surface area contributed by atoms with Gasteiger partial charge in [-0.1, -0.05) is 18.2 Å². The molecule has 0 aliphatic rings. The molecule has 0 bridgehead atoms. The van der Waals surface area contributed by atoms with Gasteiger partial charge >= 0.3 is 0 Å². The molecule has 0 spiro atoms. The molecule has 0 saturated heterocycles. The zero-order valence-corrected chi connectivity index (χ0v) is 17.1. The van der Waals surface area contributed by atoms with Crippen LogP contribution in [0.5, 0.6) is 11.5 Å². The molecule has 0 aliphatic carbocycles. The highest BCUT2D eigenvalue weighted by Gasteiger charge is 2.19. The second-order valence-corrected chi connectivity index (χ2v) is 6.64. The van der Waals surface area contributed by atoms with E-state index in [1.165, 1.54) is 26.4 Å². The van der Waals surface area contributed by atoms with Crippen LogP contribution < -0.4 is 20.1 Å². The molecule has 160 valence electrons. The molecule has 2 aromatic carbocycles. The van der Waals surface area contributed by atoms with Gasteiger partial charge in [-0.2, -0.15) is 0 Å². The Kier molecular flexibility index (Phi) is 8.16. The summed E-state index contributed by atoms with van der Waals surface area (Å²) in [6, 6.07) is 11.2. The van der Waals surface area contributed by atoms with Crippen molar-refractivity contribution < 1.29 is 24.0 Å². The first kappa shape index (κ1) is 22.7. The fourth-order valence-corrected chi connectivity index (χ4v) is 2.92. The predicted octanol–water partition coefficient (Wildman–Crippen LogP) is 2.48. The second-order valence-electron chi connectivity index (χ2n) is 6.64. The lowest BCUT2D eigenvalue weighted by Crippen LogP contribution is -2.37. The number of carbonyl (C=O) groups excluding carboxylic acids is 2. The molecule has 1 atom stereocenters. The lowest BCUT2D eigenvalue weighted by Gasteiger charge is -2.14. The summed E-state index contributed by atoms with van der Waals surface area (Å²) >= 11 is 0. The van der Waals surface area contributed by atoms with E-state index in [0.29, 0.717) is 16.9 Å². The molecule has 2 amide bonds. The Morgan fingerprint density at radius 2 is 1.73 bits per heavy atom. The first-order chi connectivity index (χ1) is 14.3. The number of rotatable bonds is 10. The molecule has 0 heterocycles. The standard InChI is InChI=1S/C21H25N3O6/c1-14(23-21(26)15-7-5-4-6-8-15)11-20(25)22-10-9-16-12-18(29-2)19(30-3)13-17(16)24(27)28/h4-8,12-14H,9-11H2,1-3H3,(H,22,25)(H,23,26)/t14-/m0/s1. The minimum absolute atomic E-state index is 0.0899. The Labute approximate surface area is 174 Å². The summed E-state index contributed by atoms with van der Waals surface area (Å²) in [4.78, 5) is 35.1. The van der Waals surface area contributed by atoms with Gasteiger partial charge in [0.15, 0.2) is 11.5 Å². The van der Waals surface area contributed by atoms with E-state index < -0.39 is 4.92 Å². The molecule has 2 N–H and O–H groups in total. The van der Waals surface area contributed by atoms with E-state index in [1.807, 2.05) is 6.07 Å². The molecule has 9 heteroatoms. The molecule has 0 radical (unpaired) electrons. The third kappa shape index (κ3) is 6.20. The molecule has 0 unspecified atom stereocenters. The maximum atomic E-state index is 12.2. The number of hydrogen-bond donors (Lipinski definition) is 2. The van der Waals surface area contributed by atoms with E-state index in [4.69, 9.17) is 9.47 Å². The first-order valence-electron chi connectivity index (χ1n) is 9.37. The lowest BCUT2D eigenvalue weighted by atomic mass is 10.1. The maximum Gasteiger partial charge on any atom is 0.276 e. The summed E-state index contributed by atoms with van der Waals surface area (Å²) in [6.45, 7) is 1.94. The molecule has 30 heavy (non-hydrogen) atoms. The van der Waals surface area contributed by atoms with Crippen LogP contribution in [0.4, 0.5) is 5.69 Å². The van der Waals surface area contributed by atoms with Gasteiger partial charge in [0.25, 0.3) is 11.6 Å². The number of carbonyl (C=O) groups is 2. The second kappa shape index (κ2) is 10.8. The van der Waals surface area contributed by atoms with Crippen molar-refractivity contribution >= 4 is 17.5 Å². The maximum absolute atomic E-state index is 12.2. The molecular formula is C21H25N3O6. The van der Waals surface area contributed by atoms with Crippen molar-refractivity contribution in [1.82, 2.24) is 10.6 Å². The summed E-state index contributed by atoms with van der Waals surface area (Å²) in [6.07, 6.45) is 0.333. The van der Waals surface area contributed by atoms with E-state index >= 15 is 0 Å². The number of amides is 2. The molecule has 0 aromatic heterocycles. The van der Waals surface area contributed by atoms with Crippen LogP contribution in [0.2, 0.25) is 0 Å². The molecule has 0 aliphatic heterocycles. The zero-order chi connectivity index (χ0) is 22.1. The number of nitrogens with one attached hydrogen (secondary N) is 2. The van der Waals surface area contributed by atoms with Crippen LogP contribution in [0.1, 0.15) is 29.3 Å². The van der Waals surface area contributed by atoms with E-state index in [1.54, 1.807) is 31.2 Å². The van der Waals surface area contributed by atoms with Gasteiger partial charge in [-0.15, -0.1) is 0 Å². The largest absolute Gasteiger partial charge is 0.493 e. The molecular weight excluding hydrogens is 390 g/mol. The Morgan fingerprint density at radius 3 is 2.33 bits per heavy atom. The average molecular weight is 415 g/mol. The van der Waals surface area contributed by atoms with E-state index in [9.17, 15) is 19.7 Å². The molecule has 0 fully saturated rings. The number of nitro groups is 1. The van der Waals surface area contributed by atoms with Gasteiger partial charge in [0, 0.05) is 30.1 Å². The molecule has 2 rings (SSSR count). The molecule has 9 nitrogen and oxygen atoms in total. The van der Waals surface area contributed by atoms with Crippen molar-refractivity contribution in [2.24, 2.45) is 0 Å². The van der Waals surface area contributed by atoms with Crippen LogP contribution in [0.3, 0.4) is 0 Å². The fourth-order valence-electron chi connectivity index (χ4n) is 2.92. The Balaban J connectivity index is 1.89. The number of benzene rings is 2. The van der Waals surface area contributed by atoms with Gasteiger partial charge in [-0.25, -0.2) is 0 Å². The van der Waals surface area contributed by atoms with Crippen LogP contribution in [-0.2, 0) is 11.2 Å². The minimum atomic E-state index is -0.500. The third-order valence-electron chi connectivity index (χ3n) is 4.40. The van der Waals surface area contributed by atoms with E-state index in [-0.39, 0.29) is 48.7 Å². The number of nitrogens with zero attached hydrogens (tertiary/aromatic N) is 1. The van der Waals surface area contributed by atoms with Crippen LogP contribution in [0.25, 0.3) is 0 Å². The summed E-state index contributed by atoms with van der Waals surface area (Å²) < 4.78 is 10.3. The highest BCUT2D eigenvalue weighted by atomic mass is 16.6. The normalized spacial score (nSPS) is 11.3. The van der Waals surface area contributed by atoms with Crippen molar-refractivity contribution in [2.45, 2.75) is 25.8 Å². The smallest absolute Gasteiger partial charge is 0.276 e. The van der Waals surface area contributed by atoms with Crippen molar-refractivity contribution in [3.63, 3.8) is 0 Å². The highest BCUT2D eigenvalue weighted by Crippen LogP contribution is 2.34. The number of hydrogen-bond acceptors (Lipinski definition) is 6. The predicted molar refractivity (Wildman–Crippen MR) is 111 cm³/mol. The average Bonchev–Trinajstić information content (AvgIpc) is 2.73. The Morgan fingerprint density at radius 1 is 1.10 bits per heavy atom. The van der Waals surface area contributed by atoms with Gasteiger partial charge < -0.3 is 20.1 Å². The van der Waals surface area contributed by atoms with E-state index in [0.717, 1.165) is 0 Å². The zero-order valence-electron chi connectivity index (χ0n) is 17.1. The van der Waals surface area contributed by atoms with E-state index in [2.05, 4.69) is 10.6 Å². The SMILES string of the molecule is COc1cc(CCNC(=O)C[C@H](C)NC(=O)c2ccccc2)c([N+](=O)[O-])cc1OC. The number of ether oxygens (including phenoxy) is 2. The van der Waals surface area contributed by atoms with Crippen LogP contribution in [0.15, 0.2) is 42.5 Å². The summed E-state index contributed by atoms with van der Waals surface area (Å²) in [5, 5.41) is 16.8. The summed E-state index contributed by atoms with van der Waals surface area (Å²) in [5.41, 5.74) is 0.833. The minimum Gasteiger partial charge on any atom is -0.493 e. The topological polar surface area (TPSA) is 120 Å². The third-order valence-corrected chi connectivity index (χ3v) is 4.40. The summed E-state index contributed by atoms with van der Waals surface area (Å²) in [7, 11) is 2.85. The number of nitro benzene ring substituents is 1. The monoisotopic (exact) mass is 415 g/mol.